The molecule has 21 heteroatoms. The molecule has 0 atom stereocenters. The molecular formula is C29H80O11Si10. The van der Waals surface area contributed by atoms with Gasteiger partial charge in [-0.15, -0.1) is 0 Å². The number of rotatable bonds is 27. The predicted molar refractivity (Wildman–Crippen MR) is 232 cm³/mol. The molecule has 50 heavy (non-hydrogen) atoms. The minimum Gasteiger partial charge on any atom is -0.436 e. The maximum atomic E-state index is 8.94. The van der Waals surface area contributed by atoms with E-state index in [1.165, 1.54) is 12.8 Å². The van der Waals surface area contributed by atoms with Crippen LogP contribution in [0.3, 0.4) is 0 Å². The van der Waals surface area contributed by atoms with Gasteiger partial charge < -0.3 is 46.9 Å². The molecule has 0 fully saturated rings. The lowest BCUT2D eigenvalue weighted by molar-refractivity contribution is 0.0923. The van der Waals surface area contributed by atoms with Gasteiger partial charge in [-0.25, -0.2) is 0 Å². The highest BCUT2D eigenvalue weighted by molar-refractivity contribution is 6.93. The van der Waals surface area contributed by atoms with E-state index in [-0.39, 0.29) is 6.61 Å². The van der Waals surface area contributed by atoms with Crippen LogP contribution in [0.2, 0.25) is 143 Å². The molecule has 0 radical (unpaired) electrons. The molecule has 0 aliphatic heterocycles. The molecule has 0 heterocycles. The van der Waals surface area contributed by atoms with Crippen molar-refractivity contribution in [1.29, 1.82) is 0 Å². The van der Waals surface area contributed by atoms with Crippen LogP contribution in [0, 0.1) is 0 Å². The van der Waals surface area contributed by atoms with Crippen LogP contribution in [0.15, 0.2) is 0 Å². The Bertz CT molecular complexity index is 1010. The summed E-state index contributed by atoms with van der Waals surface area (Å²) >= 11 is 0. The molecule has 0 aliphatic rings. The van der Waals surface area contributed by atoms with E-state index in [9.17, 15) is 0 Å². The van der Waals surface area contributed by atoms with E-state index in [4.69, 9.17) is 46.9 Å². The zero-order valence-corrected chi connectivity index (χ0v) is 46.2. The maximum Gasteiger partial charge on any atom is 0.314 e. The van der Waals surface area contributed by atoms with Gasteiger partial charge in [-0.3, -0.25) is 0 Å². The predicted octanol–water partition coefficient (Wildman–Crippen LogP) is 9.36. The van der Waals surface area contributed by atoms with E-state index in [1.807, 2.05) is 0 Å². The number of unbranched alkanes of at least 4 members (excludes halogenated alkanes) is 1. The number of aliphatic hydroxyl groups excluding tert-OH is 1. The second-order valence-corrected chi connectivity index (χ2v) is 56.0. The van der Waals surface area contributed by atoms with Gasteiger partial charge in [0.15, 0.2) is 16.6 Å². The molecule has 302 valence electrons. The Labute approximate surface area is 319 Å². The third-order valence-electron chi connectivity index (χ3n) is 6.92. The van der Waals surface area contributed by atoms with Gasteiger partial charge in [-0.1, -0.05) is 19.8 Å². The van der Waals surface area contributed by atoms with E-state index >= 15 is 0 Å². The Morgan fingerprint density at radius 2 is 0.580 bits per heavy atom. The average Bonchev–Trinajstić information content (AvgIpc) is 2.74. The summed E-state index contributed by atoms with van der Waals surface area (Å²) < 4.78 is 66.3. The fourth-order valence-electron chi connectivity index (χ4n) is 7.11. The van der Waals surface area contributed by atoms with E-state index in [0.29, 0.717) is 13.2 Å². The van der Waals surface area contributed by atoms with Gasteiger partial charge in [-0.2, -0.15) is 0 Å². The first-order valence-electron chi connectivity index (χ1n) is 18.5. The van der Waals surface area contributed by atoms with Gasteiger partial charge in [0, 0.05) is 6.61 Å². The first-order chi connectivity index (χ1) is 22.0. The number of hydrogen-bond acceptors (Lipinski definition) is 11. The Hall–Kier alpha value is 1.73. The topological polar surface area (TPSA) is 113 Å². The third-order valence-corrected chi connectivity index (χ3v) is 45.9. The first-order valence-corrected chi connectivity index (χ1v) is 47.2. The molecule has 0 aliphatic carbocycles. The number of aliphatic hydroxyl groups is 1. The molecule has 0 bridgehead atoms. The van der Waals surface area contributed by atoms with Crippen LogP contribution in [-0.4, -0.2) is 110 Å². The molecule has 1 N–H and O–H groups in total. The summed E-state index contributed by atoms with van der Waals surface area (Å²) in [7, 11) is -24.6. The minimum atomic E-state index is -2.69. The Kier molecular flexibility index (Phi) is 20.4. The first kappa shape index (κ1) is 51.7. The summed E-state index contributed by atoms with van der Waals surface area (Å²) in [6, 6.07) is 2.11. The van der Waals surface area contributed by atoms with E-state index in [0.717, 1.165) is 18.5 Å². The fraction of sp³-hybridized carbons (Fsp3) is 1.00. The molecule has 0 aromatic rings. The molecule has 0 amide bonds. The van der Waals surface area contributed by atoms with Crippen LogP contribution in [0.5, 0.6) is 0 Å². The maximum absolute atomic E-state index is 8.94. The molecule has 11 nitrogen and oxygen atoms in total. The Balaban J connectivity index is 5.41. The summed E-state index contributed by atoms with van der Waals surface area (Å²) in [5, 5.41) is 8.94. The zero-order chi connectivity index (χ0) is 39.7. The van der Waals surface area contributed by atoms with Crippen molar-refractivity contribution in [3.8, 4) is 0 Å². The van der Waals surface area contributed by atoms with E-state index in [2.05, 4.69) is 138 Å². The summed E-state index contributed by atoms with van der Waals surface area (Å²) in [6.07, 6.45) is 3.28. The molecule has 0 aromatic carbocycles. The fourth-order valence-corrected chi connectivity index (χ4v) is 58.3. The summed E-state index contributed by atoms with van der Waals surface area (Å²) in [5.41, 5.74) is 0. The zero-order valence-electron chi connectivity index (χ0n) is 36.2. The van der Waals surface area contributed by atoms with Gasteiger partial charge in [0.2, 0.25) is 0 Å². The van der Waals surface area contributed by atoms with E-state index in [1.54, 1.807) is 0 Å². The summed E-state index contributed by atoms with van der Waals surface area (Å²) in [5.74, 6) is 0. The van der Waals surface area contributed by atoms with Gasteiger partial charge in [0.25, 0.3) is 0 Å². The van der Waals surface area contributed by atoms with Crippen molar-refractivity contribution in [3.05, 3.63) is 0 Å². The molecule has 0 unspecified atom stereocenters. The number of ether oxygens (including phenoxy) is 1. The normalized spacial score (nSPS) is 15.2. The van der Waals surface area contributed by atoms with Crippen LogP contribution in [0.4, 0.5) is 0 Å². The highest BCUT2D eigenvalue weighted by atomic mass is 28.5. The van der Waals surface area contributed by atoms with Crippen LogP contribution in [0.25, 0.3) is 0 Å². The highest BCUT2D eigenvalue weighted by Gasteiger charge is 2.50. The van der Waals surface area contributed by atoms with Crippen LogP contribution < -0.4 is 0 Å². The van der Waals surface area contributed by atoms with Crippen molar-refractivity contribution in [3.63, 3.8) is 0 Å². The standard InChI is InChI=1S/C29H80O11Si10/c1-22-23-28-41(2,3)32-43(6,7)34-45(10,11)36-47(14,15)38-49(18,19)40-50(20,21)39-48(16,17)37-46(12,13)35-44(8,9)33-42(4,5)29-24-26-31-27-25-30/h30H,22-29H2,1-21H3. The van der Waals surface area contributed by atoms with Gasteiger partial charge in [-0.05, 0) is 149 Å². The molecule has 0 rings (SSSR count). The lowest BCUT2D eigenvalue weighted by Crippen LogP contribution is -2.62. The van der Waals surface area contributed by atoms with Gasteiger partial charge >= 0.3 is 68.5 Å². The Morgan fingerprint density at radius 1 is 0.340 bits per heavy atom. The highest BCUT2D eigenvalue weighted by Crippen LogP contribution is 2.31. The van der Waals surface area contributed by atoms with Crippen LogP contribution >= 0.6 is 0 Å². The average molecular weight is 886 g/mol. The van der Waals surface area contributed by atoms with Crippen LogP contribution in [-0.2, 0) is 41.8 Å². The van der Waals surface area contributed by atoms with Gasteiger partial charge in [0.1, 0.15) is 0 Å². The molecular weight excluding hydrogens is 805 g/mol. The SMILES string of the molecule is CCCC[Si](C)(C)O[Si](C)(C)O[Si](C)(C)O[Si](C)(C)O[Si](C)(C)O[Si](C)(C)O[Si](C)(C)O[Si](C)(C)O[Si](C)(C)O[Si](C)(C)CCCOCCO. The van der Waals surface area contributed by atoms with Crippen molar-refractivity contribution in [2.75, 3.05) is 19.8 Å². The van der Waals surface area contributed by atoms with Gasteiger partial charge in [0.05, 0.1) is 13.2 Å². The van der Waals surface area contributed by atoms with Crippen LogP contribution in [0.1, 0.15) is 26.2 Å². The largest absolute Gasteiger partial charge is 0.436 e. The lowest BCUT2D eigenvalue weighted by Gasteiger charge is -2.44. The molecule has 0 aromatic heterocycles. The van der Waals surface area contributed by atoms with Crippen molar-refractivity contribution in [1.82, 2.24) is 0 Å². The monoisotopic (exact) mass is 884 g/mol. The van der Waals surface area contributed by atoms with Crippen molar-refractivity contribution in [2.24, 2.45) is 0 Å². The van der Waals surface area contributed by atoms with Crippen molar-refractivity contribution in [2.45, 2.75) is 169 Å². The smallest absolute Gasteiger partial charge is 0.314 e. The Morgan fingerprint density at radius 3 is 0.820 bits per heavy atom. The van der Waals surface area contributed by atoms with Crippen molar-refractivity contribution < 1.29 is 46.9 Å². The molecule has 0 saturated heterocycles. The summed E-state index contributed by atoms with van der Waals surface area (Å²) in [6.45, 7) is 45.9. The lowest BCUT2D eigenvalue weighted by atomic mass is 10.4. The minimum absolute atomic E-state index is 0.0489. The second-order valence-electron chi connectivity index (χ2n) is 18.2. The molecule has 0 saturated carbocycles. The third kappa shape index (κ3) is 25.0. The quantitative estimate of drug-likeness (QED) is 0.0629. The second kappa shape index (κ2) is 19.7. The summed E-state index contributed by atoms with van der Waals surface area (Å²) in [4.78, 5) is 0. The van der Waals surface area contributed by atoms with Crippen molar-refractivity contribution >= 4 is 85.1 Å². The van der Waals surface area contributed by atoms with E-state index < -0.39 is 85.1 Å². The molecule has 0 spiro atoms. The number of hydrogen-bond donors (Lipinski definition) is 1.